The second kappa shape index (κ2) is 6.38. The van der Waals surface area contributed by atoms with Crippen molar-refractivity contribution in [3.63, 3.8) is 0 Å². The van der Waals surface area contributed by atoms with Crippen molar-refractivity contribution in [1.29, 1.82) is 0 Å². The third kappa shape index (κ3) is 3.20. The summed E-state index contributed by atoms with van der Waals surface area (Å²) in [5.41, 5.74) is 7.40. The van der Waals surface area contributed by atoms with Crippen LogP contribution in [0.1, 0.15) is 31.2 Å². The van der Waals surface area contributed by atoms with Crippen LogP contribution >= 0.6 is 0 Å². The fourth-order valence-corrected chi connectivity index (χ4v) is 3.24. The largest absolute Gasteiger partial charge is 0.328 e. The Labute approximate surface area is 121 Å². The first kappa shape index (κ1) is 13.6. The van der Waals surface area contributed by atoms with Crippen molar-refractivity contribution in [2.45, 2.75) is 44.2 Å². The quantitative estimate of drug-likeness (QED) is 0.893. The average molecular weight is 268 g/mol. The van der Waals surface area contributed by atoms with E-state index in [0.717, 1.165) is 13.0 Å². The lowest BCUT2D eigenvalue weighted by Crippen LogP contribution is -2.38. The molecule has 2 heteroatoms. The minimum absolute atomic E-state index is 0.436. The van der Waals surface area contributed by atoms with E-state index >= 15 is 0 Å². The lowest BCUT2D eigenvalue weighted by atomic mass is 9.91. The molecule has 2 nitrogen and oxygen atoms in total. The van der Waals surface area contributed by atoms with Crippen LogP contribution in [-0.4, -0.2) is 18.6 Å². The molecule has 3 N–H and O–H groups in total. The van der Waals surface area contributed by atoms with E-state index in [-0.39, 0.29) is 0 Å². The fraction of sp³-hybridized carbons (Fsp3) is 0.444. The van der Waals surface area contributed by atoms with E-state index in [1.807, 2.05) is 0 Å². The number of hydrogen-bond acceptors (Lipinski definition) is 2. The zero-order chi connectivity index (χ0) is 13.8. The fourth-order valence-electron chi connectivity index (χ4n) is 3.24. The maximum absolute atomic E-state index is 5.95. The van der Waals surface area contributed by atoms with E-state index in [1.165, 1.54) is 42.0 Å². The van der Waals surface area contributed by atoms with E-state index in [1.54, 1.807) is 0 Å². The van der Waals surface area contributed by atoms with Gasteiger partial charge in [-0.15, -0.1) is 0 Å². The minimum Gasteiger partial charge on any atom is -0.328 e. The molecular formula is C18H24N2. The Kier molecular flexibility index (Phi) is 4.34. The van der Waals surface area contributed by atoms with E-state index in [9.17, 15) is 0 Å². The minimum atomic E-state index is 0.436. The van der Waals surface area contributed by atoms with Crippen molar-refractivity contribution < 1.29 is 0 Å². The van der Waals surface area contributed by atoms with Crippen LogP contribution in [-0.2, 0) is 6.42 Å². The Bertz CT molecular complexity index is 551. The normalized spacial score (nSPS) is 23.1. The van der Waals surface area contributed by atoms with Gasteiger partial charge in [-0.1, -0.05) is 42.5 Å². The molecule has 0 unspecified atom stereocenters. The first-order chi connectivity index (χ1) is 9.83. The predicted octanol–water partition coefficient (Wildman–Crippen LogP) is 3.24. The monoisotopic (exact) mass is 268 g/mol. The van der Waals surface area contributed by atoms with Gasteiger partial charge >= 0.3 is 0 Å². The molecule has 0 heterocycles. The highest BCUT2D eigenvalue weighted by Crippen LogP contribution is 2.20. The van der Waals surface area contributed by atoms with Crippen molar-refractivity contribution in [2.24, 2.45) is 5.73 Å². The SMILES string of the molecule is NC1CCC(NCCc2cccc3ccccc23)CC1. The third-order valence-corrected chi connectivity index (χ3v) is 4.48. The lowest BCUT2D eigenvalue weighted by Gasteiger charge is -2.27. The second-order valence-electron chi connectivity index (χ2n) is 5.95. The Hall–Kier alpha value is -1.38. The summed E-state index contributed by atoms with van der Waals surface area (Å²) in [6.07, 6.45) is 5.91. The molecule has 1 fully saturated rings. The molecule has 106 valence electrons. The van der Waals surface area contributed by atoms with E-state index in [0.29, 0.717) is 12.1 Å². The number of nitrogens with one attached hydrogen (secondary N) is 1. The summed E-state index contributed by atoms with van der Waals surface area (Å²) < 4.78 is 0. The van der Waals surface area contributed by atoms with Crippen molar-refractivity contribution in [3.05, 3.63) is 48.0 Å². The van der Waals surface area contributed by atoms with Crippen LogP contribution in [0.5, 0.6) is 0 Å². The molecule has 0 aromatic heterocycles. The number of rotatable bonds is 4. The van der Waals surface area contributed by atoms with Gasteiger partial charge in [0, 0.05) is 12.1 Å². The smallest absolute Gasteiger partial charge is 0.00683 e. The van der Waals surface area contributed by atoms with E-state index in [4.69, 9.17) is 5.73 Å². The summed E-state index contributed by atoms with van der Waals surface area (Å²) in [6, 6.07) is 16.4. The molecule has 20 heavy (non-hydrogen) atoms. The Morgan fingerprint density at radius 2 is 1.70 bits per heavy atom. The van der Waals surface area contributed by atoms with Crippen LogP contribution < -0.4 is 11.1 Å². The highest BCUT2D eigenvalue weighted by atomic mass is 14.9. The highest BCUT2D eigenvalue weighted by molar-refractivity contribution is 5.85. The molecule has 1 saturated carbocycles. The molecule has 0 bridgehead atoms. The van der Waals surface area contributed by atoms with Gasteiger partial charge in [-0.05, 0) is 55.0 Å². The molecule has 1 aliphatic rings. The van der Waals surface area contributed by atoms with Gasteiger partial charge in [0.1, 0.15) is 0 Å². The second-order valence-corrected chi connectivity index (χ2v) is 5.95. The molecule has 0 amide bonds. The molecule has 2 aromatic rings. The number of benzene rings is 2. The van der Waals surface area contributed by atoms with Crippen LogP contribution in [0.3, 0.4) is 0 Å². The number of fused-ring (bicyclic) bond motifs is 1. The molecule has 0 saturated heterocycles. The highest BCUT2D eigenvalue weighted by Gasteiger charge is 2.17. The Balaban J connectivity index is 1.57. The van der Waals surface area contributed by atoms with Crippen molar-refractivity contribution in [1.82, 2.24) is 5.32 Å². The van der Waals surface area contributed by atoms with Gasteiger partial charge in [-0.25, -0.2) is 0 Å². The molecule has 0 aliphatic heterocycles. The summed E-state index contributed by atoms with van der Waals surface area (Å²) >= 11 is 0. The van der Waals surface area contributed by atoms with Gasteiger partial charge in [0.15, 0.2) is 0 Å². The first-order valence-corrected chi connectivity index (χ1v) is 7.78. The van der Waals surface area contributed by atoms with Gasteiger partial charge < -0.3 is 11.1 Å². The zero-order valence-electron chi connectivity index (χ0n) is 12.0. The predicted molar refractivity (Wildman–Crippen MR) is 85.9 cm³/mol. The average Bonchev–Trinajstić information content (AvgIpc) is 2.49. The van der Waals surface area contributed by atoms with Gasteiger partial charge in [0.25, 0.3) is 0 Å². The lowest BCUT2D eigenvalue weighted by molar-refractivity contribution is 0.344. The molecule has 2 aromatic carbocycles. The first-order valence-electron chi connectivity index (χ1n) is 7.78. The number of hydrogen-bond donors (Lipinski definition) is 2. The topological polar surface area (TPSA) is 38.0 Å². The summed E-state index contributed by atoms with van der Waals surface area (Å²) in [4.78, 5) is 0. The number of nitrogens with two attached hydrogens (primary N) is 1. The molecule has 0 radical (unpaired) electrons. The van der Waals surface area contributed by atoms with Gasteiger partial charge in [0.2, 0.25) is 0 Å². The summed E-state index contributed by atoms with van der Waals surface area (Å²) in [5, 5.41) is 6.43. The van der Waals surface area contributed by atoms with Gasteiger partial charge in [0.05, 0.1) is 0 Å². The zero-order valence-corrected chi connectivity index (χ0v) is 12.0. The standard InChI is InChI=1S/C18H24N2/c19-16-8-10-17(11-9-16)20-13-12-15-6-3-5-14-4-1-2-7-18(14)15/h1-7,16-17,20H,8-13,19H2. The summed E-state index contributed by atoms with van der Waals surface area (Å²) in [5.74, 6) is 0. The van der Waals surface area contributed by atoms with Gasteiger partial charge in [-0.2, -0.15) is 0 Å². The molecule has 0 spiro atoms. The van der Waals surface area contributed by atoms with E-state index < -0.39 is 0 Å². The van der Waals surface area contributed by atoms with Gasteiger partial charge in [-0.3, -0.25) is 0 Å². The van der Waals surface area contributed by atoms with Crippen molar-refractivity contribution >= 4 is 10.8 Å². The summed E-state index contributed by atoms with van der Waals surface area (Å²) in [6.45, 7) is 1.06. The Morgan fingerprint density at radius 3 is 2.55 bits per heavy atom. The van der Waals surface area contributed by atoms with Crippen LogP contribution in [0.15, 0.2) is 42.5 Å². The molecular weight excluding hydrogens is 244 g/mol. The third-order valence-electron chi connectivity index (χ3n) is 4.48. The van der Waals surface area contributed by atoms with Crippen LogP contribution in [0.2, 0.25) is 0 Å². The van der Waals surface area contributed by atoms with Crippen molar-refractivity contribution in [3.8, 4) is 0 Å². The maximum Gasteiger partial charge on any atom is 0.00683 e. The van der Waals surface area contributed by atoms with Crippen LogP contribution in [0, 0.1) is 0 Å². The van der Waals surface area contributed by atoms with E-state index in [2.05, 4.69) is 47.8 Å². The maximum atomic E-state index is 5.95. The molecule has 0 atom stereocenters. The molecule has 3 rings (SSSR count). The molecule has 1 aliphatic carbocycles. The van der Waals surface area contributed by atoms with Crippen molar-refractivity contribution in [2.75, 3.05) is 6.54 Å². The Morgan fingerprint density at radius 1 is 0.950 bits per heavy atom. The van der Waals surface area contributed by atoms with Crippen LogP contribution in [0.25, 0.3) is 10.8 Å². The van der Waals surface area contributed by atoms with Crippen LogP contribution in [0.4, 0.5) is 0 Å². The summed E-state index contributed by atoms with van der Waals surface area (Å²) in [7, 11) is 0.